The van der Waals surface area contributed by atoms with Gasteiger partial charge < -0.3 is 0 Å². The number of benzene rings is 15. The minimum atomic E-state index is -0.282. The Morgan fingerprint density at radius 2 is 0.407 bits per heavy atom. The molecule has 0 unspecified atom stereocenters. The van der Waals surface area contributed by atoms with Gasteiger partial charge in [-0.1, -0.05) is 246 Å². The predicted octanol–water partition coefficient (Wildman–Crippen LogP) is 23.5. The predicted molar refractivity (Wildman–Crippen MR) is 359 cm³/mol. The van der Waals surface area contributed by atoms with Gasteiger partial charge in [0, 0.05) is 10.8 Å². The fraction of sp³-hybridized carbons (Fsp3) is 0.0714. The van der Waals surface area contributed by atoms with E-state index >= 15 is 4.39 Å². The Balaban J connectivity index is 0.751. The summed E-state index contributed by atoms with van der Waals surface area (Å²) in [5.41, 5.74) is 23.4. The molecule has 0 N–H and O–H groups in total. The summed E-state index contributed by atoms with van der Waals surface area (Å²) in [4.78, 5) is 0. The summed E-state index contributed by atoms with van der Waals surface area (Å²) in [6, 6.07) is 95.1. The van der Waals surface area contributed by atoms with E-state index in [4.69, 9.17) is 0 Å². The van der Waals surface area contributed by atoms with E-state index in [1.54, 1.807) is 18.2 Å². The largest absolute Gasteiger partial charge is 0.207 e. The lowest BCUT2D eigenvalue weighted by molar-refractivity contribution is 0.628. The first-order valence-electron chi connectivity index (χ1n) is 29.9. The van der Waals surface area contributed by atoms with Crippen LogP contribution < -0.4 is 0 Å². The molecule has 2 heteroatoms. The van der Waals surface area contributed by atoms with Gasteiger partial charge in [-0.2, -0.15) is 0 Å². The third kappa shape index (κ3) is 7.26. The summed E-state index contributed by atoms with van der Waals surface area (Å²) < 4.78 is 29.9. The van der Waals surface area contributed by atoms with Crippen molar-refractivity contribution in [1.82, 2.24) is 0 Å². The Kier molecular flexibility index (Phi) is 10.9. The van der Waals surface area contributed by atoms with Crippen molar-refractivity contribution < 1.29 is 8.78 Å². The van der Waals surface area contributed by atoms with E-state index in [0.29, 0.717) is 0 Å². The second-order valence-corrected chi connectivity index (χ2v) is 24.8. The average Bonchev–Trinajstić information content (AvgIpc) is 1.10. The van der Waals surface area contributed by atoms with Gasteiger partial charge >= 0.3 is 0 Å². The highest BCUT2D eigenvalue weighted by Gasteiger charge is 2.39. The van der Waals surface area contributed by atoms with E-state index < -0.39 is 0 Å². The van der Waals surface area contributed by atoms with E-state index in [-0.39, 0.29) is 22.5 Å². The summed E-state index contributed by atoms with van der Waals surface area (Å²) in [5, 5.41) is 13.8. The first-order valence-corrected chi connectivity index (χ1v) is 29.9. The van der Waals surface area contributed by atoms with E-state index in [1.807, 2.05) is 18.2 Å². The molecule has 0 spiro atoms. The van der Waals surface area contributed by atoms with Crippen molar-refractivity contribution in [3.05, 3.63) is 301 Å². The van der Waals surface area contributed by atoms with Crippen LogP contribution in [0.4, 0.5) is 8.78 Å². The number of rotatable bonds is 6. The molecule has 0 aromatic heterocycles. The van der Waals surface area contributed by atoms with E-state index in [1.165, 1.54) is 123 Å². The monoisotopic (exact) mass is 1100 g/mol. The molecule has 15 aromatic rings. The second-order valence-electron chi connectivity index (χ2n) is 24.8. The number of hydrogen-bond acceptors (Lipinski definition) is 0. The summed E-state index contributed by atoms with van der Waals surface area (Å²) in [6.45, 7) is 9.56. The molecule has 0 atom stereocenters. The molecule has 0 saturated carbocycles. The van der Waals surface area contributed by atoms with Crippen LogP contribution in [0, 0.1) is 11.6 Å². The van der Waals surface area contributed by atoms with Crippen LogP contribution in [0.2, 0.25) is 0 Å². The lowest BCUT2D eigenvalue weighted by Crippen LogP contribution is -2.15. The Morgan fingerprint density at radius 1 is 0.198 bits per heavy atom. The van der Waals surface area contributed by atoms with Crippen LogP contribution in [0.1, 0.15) is 49.9 Å². The fourth-order valence-corrected chi connectivity index (χ4v) is 15.6. The first kappa shape index (κ1) is 50.3. The summed E-state index contributed by atoms with van der Waals surface area (Å²) >= 11 is 0. The lowest BCUT2D eigenvalue weighted by Gasteiger charge is -2.24. The van der Waals surface area contributed by atoms with Gasteiger partial charge in [0.1, 0.15) is 11.6 Å². The normalized spacial score (nSPS) is 13.7. The maximum atomic E-state index is 15.0. The zero-order valence-electron chi connectivity index (χ0n) is 48.2. The van der Waals surface area contributed by atoms with Gasteiger partial charge in [-0.15, -0.1) is 0 Å². The van der Waals surface area contributed by atoms with Gasteiger partial charge in [0.05, 0.1) is 0 Å². The van der Waals surface area contributed by atoms with Crippen molar-refractivity contribution in [2.45, 2.75) is 38.5 Å². The zero-order valence-corrected chi connectivity index (χ0v) is 48.2. The molecule has 15 aromatic carbocycles. The van der Waals surface area contributed by atoms with Crippen molar-refractivity contribution in [2.75, 3.05) is 0 Å². The molecule has 406 valence electrons. The van der Waals surface area contributed by atoms with Crippen LogP contribution in [0.3, 0.4) is 0 Å². The molecule has 0 heterocycles. The molecule has 2 aliphatic carbocycles. The van der Waals surface area contributed by atoms with Gasteiger partial charge in [-0.05, 0) is 224 Å². The Hall–Kier alpha value is -10.3. The number of hydrogen-bond donors (Lipinski definition) is 0. The van der Waals surface area contributed by atoms with Crippen molar-refractivity contribution in [2.24, 2.45) is 0 Å². The molecular formula is C84H56F2. The number of halogens is 2. The Bertz CT molecular complexity index is 5270. The van der Waals surface area contributed by atoms with E-state index in [0.717, 1.165) is 65.3 Å². The molecule has 86 heavy (non-hydrogen) atoms. The maximum Gasteiger partial charge on any atom is 0.123 e. The zero-order chi connectivity index (χ0) is 57.7. The smallest absolute Gasteiger partial charge is 0.123 e. The maximum absolute atomic E-state index is 15.0. The Labute approximate surface area is 498 Å². The molecule has 0 aliphatic heterocycles. The molecule has 0 fully saturated rings. The second kappa shape index (κ2) is 18.6. The molecule has 2 aliphatic rings. The summed E-state index contributed by atoms with van der Waals surface area (Å²) in [7, 11) is 0. The molecule has 0 bridgehead atoms. The summed E-state index contributed by atoms with van der Waals surface area (Å²) in [6.07, 6.45) is 0. The van der Waals surface area contributed by atoms with Gasteiger partial charge in [0.2, 0.25) is 0 Å². The van der Waals surface area contributed by atoms with E-state index in [9.17, 15) is 4.39 Å². The highest BCUT2D eigenvalue weighted by atomic mass is 19.1. The first-order chi connectivity index (χ1) is 42.0. The fourth-order valence-electron chi connectivity index (χ4n) is 15.6. The van der Waals surface area contributed by atoms with Crippen molar-refractivity contribution >= 4 is 64.6 Å². The van der Waals surface area contributed by atoms with Crippen LogP contribution in [-0.2, 0) is 10.8 Å². The quantitative estimate of drug-likeness (QED) is 0.146. The van der Waals surface area contributed by atoms with Crippen molar-refractivity contribution in [3.63, 3.8) is 0 Å². The molecule has 17 rings (SSSR count). The van der Waals surface area contributed by atoms with Gasteiger partial charge in [-0.3, -0.25) is 0 Å². The molecular weight excluding hydrogens is 1050 g/mol. The van der Waals surface area contributed by atoms with Crippen LogP contribution >= 0.6 is 0 Å². The minimum Gasteiger partial charge on any atom is -0.207 e. The van der Waals surface area contributed by atoms with E-state index in [2.05, 4.69) is 246 Å². The summed E-state index contributed by atoms with van der Waals surface area (Å²) in [5.74, 6) is -0.481. The van der Waals surface area contributed by atoms with Crippen LogP contribution in [0.25, 0.3) is 154 Å². The van der Waals surface area contributed by atoms with Crippen molar-refractivity contribution in [3.8, 4) is 89.0 Å². The van der Waals surface area contributed by atoms with Crippen LogP contribution in [0.15, 0.2) is 267 Å². The topological polar surface area (TPSA) is 0 Å². The van der Waals surface area contributed by atoms with Gasteiger partial charge in [0.25, 0.3) is 0 Å². The Morgan fingerprint density at radius 3 is 0.651 bits per heavy atom. The molecule has 0 amide bonds. The van der Waals surface area contributed by atoms with Crippen LogP contribution in [0.5, 0.6) is 0 Å². The van der Waals surface area contributed by atoms with Crippen molar-refractivity contribution in [1.29, 1.82) is 0 Å². The van der Waals surface area contributed by atoms with Gasteiger partial charge in [0.15, 0.2) is 0 Å². The molecule has 0 radical (unpaired) electrons. The molecule has 0 nitrogen and oxygen atoms in total. The van der Waals surface area contributed by atoms with Gasteiger partial charge in [-0.25, -0.2) is 8.78 Å². The highest BCUT2D eigenvalue weighted by molar-refractivity contribution is 6.30. The third-order valence-corrected chi connectivity index (χ3v) is 19.5. The number of fused-ring (bicyclic) bond motifs is 12. The van der Waals surface area contributed by atoms with Crippen LogP contribution in [-0.4, -0.2) is 0 Å². The standard InChI is InChI=1S/C84H56F2/c1-83(2)73-45-49(35-39-57(73)59-41-37-53(47-75(59)83)79-63-25-7-5-23-61(63)77(51-19-17-21-55(85)43-51)62-24-6-8-26-64(62)79)50-36-40-58-60-42-38-54(48-76(60)84(3,4)74(58)46-50)80-67-29-11-15-33-71(67)82(72-34-16-12-30-68(72)80)81-69-31-13-9-27-65(69)78(52-20-18-22-56(86)44-52)66-28-10-14-32-70(66)81/h5-48H,1-4H3. The average molecular weight is 1100 g/mol. The third-order valence-electron chi connectivity index (χ3n) is 19.5. The molecule has 0 saturated heterocycles. The lowest BCUT2D eigenvalue weighted by atomic mass is 9.78. The minimum absolute atomic E-state index is 0.237. The highest BCUT2D eigenvalue weighted by Crippen LogP contribution is 2.56. The SMILES string of the molecule is CC1(C)c2cc(-c3ccc4c(c3)C(C)(C)c3cc(-c5c6ccccc6c(-c6c7ccccc7c(-c7cccc(F)c7)c7ccccc67)c6ccccc56)ccc3-4)ccc2-c2ccc(-c3c4ccccc4c(-c4cccc(F)c4)c4ccccc34)cc21.